The van der Waals surface area contributed by atoms with Crippen molar-refractivity contribution in [2.24, 2.45) is 4.99 Å². The van der Waals surface area contributed by atoms with E-state index in [2.05, 4.69) is 25.6 Å². The summed E-state index contributed by atoms with van der Waals surface area (Å²) in [5.74, 6) is 0.674. The first-order valence-electron chi connectivity index (χ1n) is 7.89. The average molecular weight is 476 g/mol. The molecule has 0 radical (unpaired) electrons. The number of nitrogens with zero attached hydrogens (tertiary/aromatic N) is 3. The van der Waals surface area contributed by atoms with Gasteiger partial charge in [-0.2, -0.15) is 0 Å². The van der Waals surface area contributed by atoms with Crippen molar-refractivity contribution in [1.29, 1.82) is 0 Å². The largest absolute Gasteiger partial charge is 0.386 e. The molecule has 8 heteroatoms. The van der Waals surface area contributed by atoms with Crippen molar-refractivity contribution in [3.05, 3.63) is 59.1 Å². The second-order valence-electron chi connectivity index (χ2n) is 5.18. The molecular weight excluding hydrogens is 453 g/mol. The lowest BCUT2D eigenvalue weighted by molar-refractivity contribution is 0.187. The van der Waals surface area contributed by atoms with E-state index < -0.39 is 6.10 Å². The van der Waals surface area contributed by atoms with E-state index in [0.717, 1.165) is 24.1 Å². The van der Waals surface area contributed by atoms with E-state index in [1.54, 1.807) is 36.8 Å². The zero-order valence-corrected chi connectivity index (χ0v) is 17.1. The summed E-state index contributed by atoms with van der Waals surface area (Å²) in [6.45, 7) is 3.74. The first-order valence-corrected chi connectivity index (χ1v) is 8.27. The maximum Gasteiger partial charge on any atom is 0.191 e. The molecule has 2 heterocycles. The Bertz CT molecular complexity index is 639. The molecule has 2 aromatic heterocycles. The summed E-state index contributed by atoms with van der Waals surface area (Å²) in [5, 5.41) is 17.1. The Balaban J connectivity index is 0.00000312. The number of nitrogens with one attached hydrogen (secondary N) is 2. The molecule has 0 saturated carbocycles. The summed E-state index contributed by atoms with van der Waals surface area (Å²) in [4.78, 5) is 12.4. The highest BCUT2D eigenvalue weighted by atomic mass is 127. The predicted octanol–water partition coefficient (Wildman–Crippen LogP) is 2.58. The number of hydrogen-bond donors (Lipinski definition) is 3. The van der Waals surface area contributed by atoms with E-state index in [-0.39, 0.29) is 30.5 Å². The van der Waals surface area contributed by atoms with Gasteiger partial charge in [-0.1, -0.05) is 17.7 Å². The second-order valence-corrected chi connectivity index (χ2v) is 5.57. The number of pyridine rings is 2. The highest BCUT2D eigenvalue weighted by Gasteiger charge is 2.07. The number of halogens is 2. The molecule has 0 aliphatic carbocycles. The predicted molar refractivity (Wildman–Crippen MR) is 112 cm³/mol. The molecule has 0 aliphatic rings. The highest BCUT2D eigenvalue weighted by Crippen LogP contribution is 2.11. The molecule has 3 N–H and O–H groups in total. The minimum absolute atomic E-state index is 0. The summed E-state index contributed by atoms with van der Waals surface area (Å²) in [6, 6.07) is 7.30. The van der Waals surface area contributed by atoms with E-state index in [1.165, 1.54) is 0 Å². The Hall–Kier alpha value is -1.45. The van der Waals surface area contributed by atoms with Crippen LogP contribution in [0.25, 0.3) is 0 Å². The third kappa shape index (κ3) is 7.98. The molecule has 6 nitrogen and oxygen atoms in total. The van der Waals surface area contributed by atoms with Crippen LogP contribution in [0.15, 0.2) is 47.8 Å². The summed E-state index contributed by atoms with van der Waals surface area (Å²) in [7, 11) is 0. The molecule has 2 aromatic rings. The summed E-state index contributed by atoms with van der Waals surface area (Å²) >= 11 is 5.78. The number of aliphatic hydroxyl groups is 1. The molecule has 0 aromatic carbocycles. The second kappa shape index (κ2) is 12.0. The molecule has 0 saturated heterocycles. The van der Waals surface area contributed by atoms with Gasteiger partial charge in [0.15, 0.2) is 5.96 Å². The van der Waals surface area contributed by atoms with Crippen LogP contribution in [0.5, 0.6) is 0 Å². The standard InChI is InChI=1S/C17H22ClN5O.HI/c1-2-20-17(21-10-5-13-3-4-16(18)22-11-13)23-12-15(24)14-6-8-19-9-7-14;/h3-4,6-9,11,15,24H,2,5,10,12H2,1H3,(H2,20,21,23);1H. The fourth-order valence-electron chi connectivity index (χ4n) is 2.09. The van der Waals surface area contributed by atoms with E-state index in [0.29, 0.717) is 17.7 Å². The smallest absolute Gasteiger partial charge is 0.191 e. The molecule has 136 valence electrons. The number of aliphatic imine (C=N–C) groups is 1. The molecule has 0 aliphatic heterocycles. The minimum atomic E-state index is -0.649. The fraction of sp³-hybridized carbons (Fsp3) is 0.353. The summed E-state index contributed by atoms with van der Waals surface area (Å²) in [6.07, 6.45) is 5.24. The van der Waals surface area contributed by atoms with Gasteiger partial charge in [0.1, 0.15) is 5.15 Å². The van der Waals surface area contributed by atoms with Gasteiger partial charge in [-0.05, 0) is 42.7 Å². The Morgan fingerprint density at radius 3 is 2.64 bits per heavy atom. The molecule has 1 unspecified atom stereocenters. The molecule has 2 rings (SSSR count). The summed E-state index contributed by atoms with van der Waals surface area (Å²) in [5.41, 5.74) is 1.90. The van der Waals surface area contributed by atoms with Crippen molar-refractivity contribution in [2.75, 3.05) is 19.6 Å². The van der Waals surface area contributed by atoms with Crippen LogP contribution in [0, 0.1) is 0 Å². The maximum atomic E-state index is 10.2. The van der Waals surface area contributed by atoms with E-state index in [1.807, 2.05) is 13.0 Å². The van der Waals surface area contributed by atoms with Crippen LogP contribution in [-0.4, -0.2) is 40.7 Å². The molecular formula is C17H23ClIN5O. The van der Waals surface area contributed by atoms with Gasteiger partial charge < -0.3 is 15.7 Å². The van der Waals surface area contributed by atoms with Gasteiger partial charge in [-0.3, -0.25) is 9.98 Å². The van der Waals surface area contributed by atoms with Crippen LogP contribution in [0.3, 0.4) is 0 Å². The van der Waals surface area contributed by atoms with Crippen LogP contribution in [0.2, 0.25) is 5.15 Å². The first-order chi connectivity index (χ1) is 11.7. The lowest BCUT2D eigenvalue weighted by atomic mass is 10.1. The van der Waals surface area contributed by atoms with Crippen molar-refractivity contribution in [2.45, 2.75) is 19.4 Å². The van der Waals surface area contributed by atoms with Gasteiger partial charge >= 0.3 is 0 Å². The van der Waals surface area contributed by atoms with Crippen molar-refractivity contribution < 1.29 is 5.11 Å². The highest BCUT2D eigenvalue weighted by molar-refractivity contribution is 14.0. The van der Waals surface area contributed by atoms with Crippen LogP contribution >= 0.6 is 35.6 Å². The molecule has 0 fully saturated rings. The normalized spacial score (nSPS) is 12.2. The van der Waals surface area contributed by atoms with Gasteiger partial charge in [-0.15, -0.1) is 24.0 Å². The molecule has 1 atom stereocenters. The van der Waals surface area contributed by atoms with Gasteiger partial charge in [0, 0.05) is 31.7 Å². The average Bonchev–Trinajstić information content (AvgIpc) is 2.62. The van der Waals surface area contributed by atoms with Crippen molar-refractivity contribution in [3.8, 4) is 0 Å². The first kappa shape index (κ1) is 21.6. The monoisotopic (exact) mass is 475 g/mol. The lowest BCUT2D eigenvalue weighted by Crippen LogP contribution is -2.38. The number of aliphatic hydroxyl groups excluding tert-OH is 1. The molecule has 0 bridgehead atoms. The summed E-state index contributed by atoms with van der Waals surface area (Å²) < 4.78 is 0. The Morgan fingerprint density at radius 1 is 1.24 bits per heavy atom. The molecule has 0 amide bonds. The third-order valence-electron chi connectivity index (χ3n) is 3.35. The maximum absolute atomic E-state index is 10.2. The van der Waals surface area contributed by atoms with Crippen LogP contribution in [0.4, 0.5) is 0 Å². The fourth-order valence-corrected chi connectivity index (χ4v) is 2.20. The van der Waals surface area contributed by atoms with Gasteiger partial charge in [0.05, 0.1) is 12.6 Å². The van der Waals surface area contributed by atoms with Crippen LogP contribution in [-0.2, 0) is 6.42 Å². The van der Waals surface area contributed by atoms with Gasteiger partial charge in [-0.25, -0.2) is 4.98 Å². The molecule has 0 spiro atoms. The van der Waals surface area contributed by atoms with E-state index in [4.69, 9.17) is 11.6 Å². The Morgan fingerprint density at radius 2 is 2.00 bits per heavy atom. The van der Waals surface area contributed by atoms with Gasteiger partial charge in [0.2, 0.25) is 0 Å². The number of guanidine groups is 1. The number of aromatic nitrogens is 2. The minimum Gasteiger partial charge on any atom is -0.386 e. The zero-order valence-electron chi connectivity index (χ0n) is 14.0. The van der Waals surface area contributed by atoms with Crippen molar-refractivity contribution in [1.82, 2.24) is 20.6 Å². The third-order valence-corrected chi connectivity index (χ3v) is 3.58. The van der Waals surface area contributed by atoms with Crippen LogP contribution < -0.4 is 10.6 Å². The Kier molecular flexibility index (Phi) is 10.4. The van der Waals surface area contributed by atoms with Crippen LogP contribution in [0.1, 0.15) is 24.2 Å². The zero-order chi connectivity index (χ0) is 17.2. The van der Waals surface area contributed by atoms with E-state index >= 15 is 0 Å². The van der Waals surface area contributed by atoms with Crippen molar-refractivity contribution >= 4 is 41.5 Å². The van der Waals surface area contributed by atoms with Gasteiger partial charge in [0.25, 0.3) is 0 Å². The topological polar surface area (TPSA) is 82.4 Å². The number of rotatable bonds is 7. The SMILES string of the molecule is CCNC(=NCC(O)c1ccncc1)NCCc1ccc(Cl)nc1.I. The van der Waals surface area contributed by atoms with E-state index in [9.17, 15) is 5.11 Å². The van der Waals surface area contributed by atoms with Crippen molar-refractivity contribution in [3.63, 3.8) is 0 Å². The number of hydrogen-bond acceptors (Lipinski definition) is 4. The quantitative estimate of drug-likeness (QED) is 0.248. The lowest BCUT2D eigenvalue weighted by Gasteiger charge is -2.13. The molecule has 25 heavy (non-hydrogen) atoms. The Labute approximate surface area is 170 Å².